The normalized spacial score (nSPS) is 12.1. The summed E-state index contributed by atoms with van der Waals surface area (Å²) < 4.78 is 5.27. The number of aliphatic carboxylic acids is 1. The van der Waals surface area contributed by atoms with E-state index < -0.39 is 12.0 Å². The standard InChI is InChI=1S/C11H16N2O4/c12-8-2-1-7(5-9(13)11(15)16)10(6-8)17-4-3-14/h1-2,6,9,14H,3-5,12-13H2,(H,15,16)/t9-/m0/s1. The largest absolute Gasteiger partial charge is 0.491 e. The Bertz CT molecular complexity index is 395. The van der Waals surface area contributed by atoms with E-state index in [1.807, 2.05) is 0 Å². The Hall–Kier alpha value is -1.79. The Morgan fingerprint density at radius 3 is 2.76 bits per heavy atom. The highest BCUT2D eigenvalue weighted by atomic mass is 16.5. The van der Waals surface area contributed by atoms with Gasteiger partial charge in [0.05, 0.1) is 6.61 Å². The van der Waals surface area contributed by atoms with Crippen LogP contribution in [0.1, 0.15) is 5.56 Å². The molecule has 0 aliphatic rings. The van der Waals surface area contributed by atoms with Crippen molar-refractivity contribution in [1.82, 2.24) is 0 Å². The number of carbonyl (C=O) groups is 1. The zero-order valence-corrected chi connectivity index (χ0v) is 9.30. The molecule has 0 aliphatic carbocycles. The summed E-state index contributed by atoms with van der Waals surface area (Å²) in [6.45, 7) is -0.00200. The first kappa shape index (κ1) is 13.3. The Balaban J connectivity index is 2.85. The molecule has 0 amide bonds. The third-order valence-electron chi connectivity index (χ3n) is 2.20. The zero-order valence-electron chi connectivity index (χ0n) is 9.30. The van der Waals surface area contributed by atoms with Crippen LogP contribution in [0, 0.1) is 0 Å². The maximum absolute atomic E-state index is 10.7. The molecule has 0 unspecified atom stereocenters. The van der Waals surface area contributed by atoms with E-state index in [0.29, 0.717) is 17.0 Å². The highest BCUT2D eigenvalue weighted by Gasteiger charge is 2.15. The van der Waals surface area contributed by atoms with Gasteiger partial charge in [-0.3, -0.25) is 4.79 Å². The number of ether oxygens (including phenoxy) is 1. The van der Waals surface area contributed by atoms with Gasteiger partial charge in [0.1, 0.15) is 18.4 Å². The van der Waals surface area contributed by atoms with Crippen LogP contribution in [-0.2, 0) is 11.2 Å². The molecule has 6 heteroatoms. The van der Waals surface area contributed by atoms with E-state index in [-0.39, 0.29) is 19.6 Å². The van der Waals surface area contributed by atoms with Crippen LogP contribution >= 0.6 is 0 Å². The van der Waals surface area contributed by atoms with Crippen LogP contribution in [0.2, 0.25) is 0 Å². The lowest BCUT2D eigenvalue weighted by Gasteiger charge is -2.13. The van der Waals surface area contributed by atoms with Crippen molar-refractivity contribution in [2.24, 2.45) is 5.73 Å². The highest BCUT2D eigenvalue weighted by Crippen LogP contribution is 2.23. The first-order chi connectivity index (χ1) is 8.04. The first-order valence-electron chi connectivity index (χ1n) is 5.15. The minimum atomic E-state index is -1.07. The number of nitrogen functional groups attached to an aromatic ring is 1. The number of hydrogen-bond donors (Lipinski definition) is 4. The van der Waals surface area contributed by atoms with Gasteiger partial charge in [0, 0.05) is 18.2 Å². The fourth-order valence-corrected chi connectivity index (χ4v) is 1.35. The molecule has 1 aromatic rings. The van der Waals surface area contributed by atoms with Crippen molar-refractivity contribution in [3.63, 3.8) is 0 Å². The van der Waals surface area contributed by atoms with Crippen LogP contribution in [0.4, 0.5) is 5.69 Å². The van der Waals surface area contributed by atoms with E-state index in [1.54, 1.807) is 18.2 Å². The second kappa shape index (κ2) is 6.07. The number of carboxylic acid groups (broad SMARTS) is 1. The molecule has 1 rings (SSSR count). The zero-order chi connectivity index (χ0) is 12.8. The van der Waals surface area contributed by atoms with Crippen molar-refractivity contribution in [2.75, 3.05) is 18.9 Å². The Morgan fingerprint density at radius 2 is 2.18 bits per heavy atom. The van der Waals surface area contributed by atoms with Crippen LogP contribution < -0.4 is 16.2 Å². The number of benzene rings is 1. The smallest absolute Gasteiger partial charge is 0.320 e. The average Bonchev–Trinajstić information content (AvgIpc) is 2.29. The minimum absolute atomic E-state index is 0.124. The van der Waals surface area contributed by atoms with Gasteiger partial charge in [0.15, 0.2) is 0 Å². The maximum atomic E-state index is 10.7. The average molecular weight is 240 g/mol. The third kappa shape index (κ3) is 3.93. The number of rotatable bonds is 6. The second-order valence-corrected chi connectivity index (χ2v) is 3.59. The topological polar surface area (TPSA) is 119 Å². The fourth-order valence-electron chi connectivity index (χ4n) is 1.35. The van der Waals surface area contributed by atoms with Gasteiger partial charge < -0.3 is 26.4 Å². The number of hydrogen-bond acceptors (Lipinski definition) is 5. The van der Waals surface area contributed by atoms with Crippen molar-refractivity contribution in [3.05, 3.63) is 23.8 Å². The van der Waals surface area contributed by atoms with Gasteiger partial charge >= 0.3 is 5.97 Å². The summed E-state index contributed by atoms with van der Waals surface area (Å²) in [4.78, 5) is 10.7. The molecule has 0 aromatic heterocycles. The van der Waals surface area contributed by atoms with Crippen LogP contribution in [0.5, 0.6) is 5.75 Å². The molecule has 1 aromatic carbocycles. The monoisotopic (exact) mass is 240 g/mol. The van der Waals surface area contributed by atoms with Gasteiger partial charge in [-0.2, -0.15) is 0 Å². The third-order valence-corrected chi connectivity index (χ3v) is 2.20. The van der Waals surface area contributed by atoms with E-state index in [1.165, 1.54) is 0 Å². The molecule has 0 heterocycles. The Morgan fingerprint density at radius 1 is 1.47 bits per heavy atom. The SMILES string of the molecule is Nc1ccc(C[C@H](N)C(=O)O)c(OCCO)c1. The Kier molecular flexibility index (Phi) is 4.74. The predicted molar refractivity (Wildman–Crippen MR) is 62.8 cm³/mol. The molecular weight excluding hydrogens is 224 g/mol. The maximum Gasteiger partial charge on any atom is 0.320 e. The van der Waals surface area contributed by atoms with Crippen molar-refractivity contribution >= 4 is 11.7 Å². The number of aliphatic hydroxyl groups is 1. The lowest BCUT2D eigenvalue weighted by atomic mass is 10.1. The molecule has 17 heavy (non-hydrogen) atoms. The van der Waals surface area contributed by atoms with Crippen LogP contribution in [0.15, 0.2) is 18.2 Å². The first-order valence-corrected chi connectivity index (χ1v) is 5.15. The van der Waals surface area contributed by atoms with E-state index in [0.717, 1.165) is 0 Å². The summed E-state index contributed by atoms with van der Waals surface area (Å²) >= 11 is 0. The summed E-state index contributed by atoms with van der Waals surface area (Å²) in [6.07, 6.45) is 0.149. The number of nitrogens with two attached hydrogens (primary N) is 2. The molecule has 0 saturated carbocycles. The summed E-state index contributed by atoms with van der Waals surface area (Å²) in [5, 5.41) is 17.4. The molecular formula is C11H16N2O4. The van der Waals surface area contributed by atoms with Crippen molar-refractivity contribution in [1.29, 1.82) is 0 Å². The Labute approximate surface area is 98.8 Å². The van der Waals surface area contributed by atoms with Crippen LogP contribution in [0.25, 0.3) is 0 Å². The van der Waals surface area contributed by atoms with Crippen molar-refractivity contribution < 1.29 is 19.7 Å². The van der Waals surface area contributed by atoms with Crippen LogP contribution in [-0.4, -0.2) is 35.4 Å². The molecule has 94 valence electrons. The molecule has 6 nitrogen and oxygen atoms in total. The van der Waals surface area contributed by atoms with Gasteiger partial charge in [-0.15, -0.1) is 0 Å². The van der Waals surface area contributed by atoms with E-state index >= 15 is 0 Å². The second-order valence-electron chi connectivity index (χ2n) is 3.59. The van der Waals surface area contributed by atoms with E-state index in [4.69, 9.17) is 26.4 Å². The molecule has 0 spiro atoms. The van der Waals surface area contributed by atoms with Gasteiger partial charge in [0.2, 0.25) is 0 Å². The van der Waals surface area contributed by atoms with Gasteiger partial charge in [-0.05, 0) is 11.6 Å². The lowest BCUT2D eigenvalue weighted by molar-refractivity contribution is -0.138. The number of anilines is 1. The quantitative estimate of drug-likeness (QED) is 0.502. The lowest BCUT2D eigenvalue weighted by Crippen LogP contribution is -2.32. The number of carboxylic acids is 1. The fraction of sp³-hybridized carbons (Fsp3) is 0.364. The van der Waals surface area contributed by atoms with Crippen molar-refractivity contribution in [3.8, 4) is 5.75 Å². The summed E-state index contributed by atoms with van der Waals surface area (Å²) in [5.74, 6) is -0.620. The van der Waals surface area contributed by atoms with Gasteiger partial charge in [-0.1, -0.05) is 6.07 Å². The molecule has 0 fully saturated rings. The summed E-state index contributed by atoms with van der Waals surface area (Å²) in [7, 11) is 0. The minimum Gasteiger partial charge on any atom is -0.491 e. The summed E-state index contributed by atoms with van der Waals surface area (Å²) in [6, 6.07) is 3.91. The number of aliphatic hydroxyl groups excluding tert-OH is 1. The van der Waals surface area contributed by atoms with Crippen LogP contribution in [0.3, 0.4) is 0 Å². The predicted octanol–water partition coefficient (Wildman–Crippen LogP) is -0.406. The van der Waals surface area contributed by atoms with E-state index in [2.05, 4.69) is 0 Å². The van der Waals surface area contributed by atoms with Crippen molar-refractivity contribution in [2.45, 2.75) is 12.5 Å². The van der Waals surface area contributed by atoms with E-state index in [9.17, 15) is 4.79 Å². The molecule has 0 radical (unpaired) electrons. The van der Waals surface area contributed by atoms with Gasteiger partial charge in [-0.25, -0.2) is 0 Å². The molecule has 6 N–H and O–H groups in total. The molecule has 0 aliphatic heterocycles. The summed E-state index contributed by atoms with van der Waals surface area (Å²) in [5.41, 5.74) is 12.2. The molecule has 0 bridgehead atoms. The molecule has 1 atom stereocenters. The van der Waals surface area contributed by atoms with Gasteiger partial charge in [0.25, 0.3) is 0 Å². The molecule has 0 saturated heterocycles. The highest BCUT2D eigenvalue weighted by molar-refractivity contribution is 5.73.